The first-order valence-electron chi connectivity index (χ1n) is 6.83. The SMILES string of the molecule is CCC(C#N)S(=O)(=O)NC1(C#N)CCCCCCC1. The molecule has 0 aromatic carbocycles. The molecule has 1 rings (SSSR count). The fourth-order valence-electron chi connectivity index (χ4n) is 2.47. The van der Waals surface area contributed by atoms with Gasteiger partial charge in [-0.3, -0.25) is 0 Å². The Morgan fingerprint density at radius 1 is 1.16 bits per heavy atom. The molecule has 0 heterocycles. The fraction of sp³-hybridized carbons (Fsp3) is 0.846. The Kier molecular flexibility index (Phi) is 5.78. The van der Waals surface area contributed by atoms with Gasteiger partial charge in [-0.15, -0.1) is 0 Å². The lowest BCUT2D eigenvalue weighted by Gasteiger charge is -2.30. The monoisotopic (exact) mass is 283 g/mol. The van der Waals surface area contributed by atoms with Crippen LogP contribution in [0.4, 0.5) is 0 Å². The van der Waals surface area contributed by atoms with Crippen molar-refractivity contribution in [2.45, 2.75) is 69.1 Å². The highest BCUT2D eigenvalue weighted by Gasteiger charge is 2.37. The Labute approximate surface area is 115 Å². The largest absolute Gasteiger partial charge is 0.229 e. The van der Waals surface area contributed by atoms with E-state index in [2.05, 4.69) is 10.8 Å². The van der Waals surface area contributed by atoms with Crippen LogP contribution in [0, 0.1) is 22.7 Å². The molecule has 6 heteroatoms. The van der Waals surface area contributed by atoms with Gasteiger partial charge in [-0.25, -0.2) is 8.42 Å². The normalized spacial score (nSPS) is 21.4. The predicted molar refractivity (Wildman–Crippen MR) is 72.4 cm³/mol. The molecule has 0 aromatic heterocycles. The molecule has 19 heavy (non-hydrogen) atoms. The van der Waals surface area contributed by atoms with E-state index in [1.54, 1.807) is 13.0 Å². The van der Waals surface area contributed by atoms with Crippen LogP contribution in [-0.2, 0) is 10.0 Å². The molecule has 0 bridgehead atoms. The van der Waals surface area contributed by atoms with Crippen LogP contribution < -0.4 is 4.72 Å². The van der Waals surface area contributed by atoms with E-state index in [4.69, 9.17) is 5.26 Å². The maximum atomic E-state index is 12.1. The highest BCUT2D eigenvalue weighted by molar-refractivity contribution is 7.90. The van der Waals surface area contributed by atoms with Gasteiger partial charge in [-0.1, -0.05) is 39.0 Å². The number of sulfonamides is 1. The second-order valence-corrected chi connectivity index (χ2v) is 7.00. The maximum Gasteiger partial charge on any atom is 0.229 e. The summed E-state index contributed by atoms with van der Waals surface area (Å²) in [5, 5.41) is 17.2. The van der Waals surface area contributed by atoms with Crippen molar-refractivity contribution in [3.05, 3.63) is 0 Å². The molecular weight excluding hydrogens is 262 g/mol. The zero-order valence-corrected chi connectivity index (χ0v) is 12.2. The summed E-state index contributed by atoms with van der Waals surface area (Å²) in [6.45, 7) is 1.66. The van der Waals surface area contributed by atoms with Crippen molar-refractivity contribution >= 4 is 10.0 Å². The molecule has 1 fully saturated rings. The minimum atomic E-state index is -3.75. The number of hydrogen-bond donors (Lipinski definition) is 1. The first-order chi connectivity index (χ1) is 8.99. The first-order valence-corrected chi connectivity index (χ1v) is 8.38. The molecule has 106 valence electrons. The summed E-state index contributed by atoms with van der Waals surface area (Å²) < 4.78 is 26.8. The summed E-state index contributed by atoms with van der Waals surface area (Å²) in [6.07, 6.45) is 6.19. The Morgan fingerprint density at radius 3 is 2.11 bits per heavy atom. The van der Waals surface area contributed by atoms with Crippen LogP contribution in [0.25, 0.3) is 0 Å². The Hall–Kier alpha value is -1.11. The van der Waals surface area contributed by atoms with Gasteiger partial charge in [0.2, 0.25) is 10.0 Å². The van der Waals surface area contributed by atoms with E-state index >= 15 is 0 Å². The lowest BCUT2D eigenvalue weighted by atomic mass is 9.86. The van der Waals surface area contributed by atoms with Crippen molar-refractivity contribution in [1.82, 2.24) is 4.72 Å². The number of hydrogen-bond acceptors (Lipinski definition) is 4. The van der Waals surface area contributed by atoms with Crippen LogP contribution in [0.15, 0.2) is 0 Å². The van der Waals surface area contributed by atoms with E-state index in [0.29, 0.717) is 12.8 Å². The maximum absolute atomic E-state index is 12.1. The summed E-state index contributed by atoms with van der Waals surface area (Å²) in [7, 11) is -3.75. The van der Waals surface area contributed by atoms with E-state index < -0.39 is 20.8 Å². The van der Waals surface area contributed by atoms with Gasteiger partial charge in [0, 0.05) is 0 Å². The van der Waals surface area contributed by atoms with Gasteiger partial charge in [0.1, 0.15) is 5.54 Å². The molecule has 0 saturated heterocycles. The van der Waals surface area contributed by atoms with Crippen LogP contribution >= 0.6 is 0 Å². The molecule has 1 saturated carbocycles. The molecule has 0 spiro atoms. The van der Waals surface area contributed by atoms with Crippen molar-refractivity contribution in [3.63, 3.8) is 0 Å². The second-order valence-electron chi connectivity index (χ2n) is 5.13. The number of rotatable bonds is 4. The molecule has 1 atom stereocenters. The summed E-state index contributed by atoms with van der Waals surface area (Å²) in [5.41, 5.74) is -1.02. The van der Waals surface area contributed by atoms with Gasteiger partial charge in [-0.05, 0) is 19.3 Å². The average Bonchev–Trinajstić information content (AvgIpc) is 2.34. The van der Waals surface area contributed by atoms with Crippen LogP contribution in [0.2, 0.25) is 0 Å². The Morgan fingerprint density at radius 2 is 1.68 bits per heavy atom. The van der Waals surface area contributed by atoms with E-state index in [1.807, 2.05) is 0 Å². The van der Waals surface area contributed by atoms with Crippen molar-refractivity contribution < 1.29 is 8.42 Å². The zero-order valence-electron chi connectivity index (χ0n) is 11.4. The third kappa shape index (κ3) is 4.19. The summed E-state index contributed by atoms with van der Waals surface area (Å²) in [4.78, 5) is 0. The Balaban J connectivity index is 2.91. The smallest absolute Gasteiger partial charge is 0.211 e. The molecule has 0 amide bonds. The molecule has 1 aliphatic rings. The first kappa shape index (κ1) is 15.9. The number of nitriles is 2. The molecule has 1 N–H and O–H groups in total. The van der Waals surface area contributed by atoms with Gasteiger partial charge in [0.25, 0.3) is 0 Å². The third-order valence-electron chi connectivity index (χ3n) is 3.65. The van der Waals surface area contributed by atoms with Crippen LogP contribution in [0.1, 0.15) is 58.3 Å². The number of nitrogens with one attached hydrogen (secondary N) is 1. The van der Waals surface area contributed by atoms with Gasteiger partial charge in [-0.2, -0.15) is 15.2 Å². The van der Waals surface area contributed by atoms with E-state index in [-0.39, 0.29) is 6.42 Å². The van der Waals surface area contributed by atoms with Crippen LogP contribution in [-0.4, -0.2) is 19.2 Å². The zero-order chi connectivity index (χ0) is 14.4. The Bertz CT molecular complexity index is 465. The molecule has 5 nitrogen and oxygen atoms in total. The summed E-state index contributed by atoms with van der Waals surface area (Å²) in [5.74, 6) is 0. The van der Waals surface area contributed by atoms with Crippen molar-refractivity contribution in [2.24, 2.45) is 0 Å². The minimum absolute atomic E-state index is 0.230. The van der Waals surface area contributed by atoms with Crippen molar-refractivity contribution in [1.29, 1.82) is 10.5 Å². The highest BCUT2D eigenvalue weighted by Crippen LogP contribution is 2.27. The minimum Gasteiger partial charge on any atom is -0.211 e. The average molecular weight is 283 g/mol. The molecule has 0 radical (unpaired) electrons. The van der Waals surface area contributed by atoms with Crippen molar-refractivity contribution in [2.75, 3.05) is 0 Å². The summed E-state index contributed by atoms with van der Waals surface area (Å²) >= 11 is 0. The molecule has 1 aliphatic carbocycles. The fourth-order valence-corrected chi connectivity index (χ4v) is 3.98. The molecule has 1 unspecified atom stereocenters. The van der Waals surface area contributed by atoms with Gasteiger partial charge in [0.15, 0.2) is 5.25 Å². The lowest BCUT2D eigenvalue weighted by molar-refractivity contribution is 0.356. The standard InChI is InChI=1S/C13H21N3O2S/c1-2-12(10-14)19(17,18)16-13(11-15)8-6-4-3-5-7-9-13/h12,16H,2-9H2,1H3. The van der Waals surface area contributed by atoms with E-state index in [9.17, 15) is 13.7 Å². The predicted octanol–water partition coefficient (Wildman–Crippen LogP) is 2.21. The lowest BCUT2D eigenvalue weighted by Crippen LogP contribution is -2.50. The molecule has 0 aromatic rings. The van der Waals surface area contributed by atoms with Gasteiger partial charge >= 0.3 is 0 Å². The highest BCUT2D eigenvalue weighted by atomic mass is 32.2. The topological polar surface area (TPSA) is 93.8 Å². The van der Waals surface area contributed by atoms with E-state index in [0.717, 1.165) is 32.1 Å². The van der Waals surface area contributed by atoms with Crippen molar-refractivity contribution in [3.8, 4) is 12.1 Å². The van der Waals surface area contributed by atoms with Gasteiger partial charge in [0.05, 0.1) is 12.1 Å². The van der Waals surface area contributed by atoms with Gasteiger partial charge < -0.3 is 0 Å². The third-order valence-corrected chi connectivity index (χ3v) is 5.51. The number of nitrogens with zero attached hydrogens (tertiary/aromatic N) is 2. The van der Waals surface area contributed by atoms with Crippen LogP contribution in [0.5, 0.6) is 0 Å². The summed E-state index contributed by atoms with van der Waals surface area (Å²) in [6, 6.07) is 3.94. The van der Waals surface area contributed by atoms with Crippen LogP contribution in [0.3, 0.4) is 0 Å². The molecule has 0 aliphatic heterocycles. The molecular formula is C13H21N3O2S. The second kappa shape index (κ2) is 6.88. The quantitative estimate of drug-likeness (QED) is 0.855. The van der Waals surface area contributed by atoms with E-state index in [1.165, 1.54) is 0 Å².